The van der Waals surface area contributed by atoms with Crippen molar-refractivity contribution >= 4 is 26.0 Å². The molecule has 90 valence electrons. The van der Waals surface area contributed by atoms with Crippen molar-refractivity contribution < 1.29 is 8.42 Å². The first-order valence-electron chi connectivity index (χ1n) is 5.09. The fourth-order valence-corrected chi connectivity index (χ4v) is 3.50. The van der Waals surface area contributed by atoms with E-state index in [1.165, 1.54) is 10.5 Å². The predicted octanol–water partition coefficient (Wildman–Crippen LogP) is 1.88. The molecule has 0 atom stereocenters. The van der Waals surface area contributed by atoms with Crippen LogP contribution in [0, 0.1) is 0 Å². The van der Waals surface area contributed by atoms with Crippen LogP contribution in [0.1, 0.15) is 13.3 Å². The predicted molar refractivity (Wildman–Crippen MR) is 67.1 cm³/mol. The summed E-state index contributed by atoms with van der Waals surface area (Å²) in [6.07, 6.45) is 3.74. The van der Waals surface area contributed by atoms with Gasteiger partial charge in [0.2, 0.25) is 10.0 Å². The summed E-state index contributed by atoms with van der Waals surface area (Å²) in [6.45, 7) is 2.97. The summed E-state index contributed by atoms with van der Waals surface area (Å²) < 4.78 is 25.8. The smallest absolute Gasteiger partial charge is 0.244 e. The van der Waals surface area contributed by atoms with Crippen molar-refractivity contribution in [2.45, 2.75) is 18.2 Å². The van der Waals surface area contributed by atoms with Crippen molar-refractivity contribution in [1.82, 2.24) is 9.29 Å². The summed E-state index contributed by atoms with van der Waals surface area (Å²) >= 11 is 3.26. The molecule has 0 saturated heterocycles. The van der Waals surface area contributed by atoms with Crippen LogP contribution in [-0.2, 0) is 10.0 Å². The lowest BCUT2D eigenvalue weighted by Gasteiger charge is -2.20. The Morgan fingerprint density at radius 3 is 2.69 bits per heavy atom. The Labute approximate surface area is 105 Å². The monoisotopic (exact) mass is 306 g/mol. The third-order valence-electron chi connectivity index (χ3n) is 2.08. The summed E-state index contributed by atoms with van der Waals surface area (Å²) in [5, 5.41) is 0.631. The average Bonchev–Trinajstić information content (AvgIpc) is 2.30. The molecular formula is C10H15BrN2O2S. The highest BCUT2D eigenvalue weighted by Crippen LogP contribution is 2.14. The Morgan fingerprint density at radius 1 is 1.44 bits per heavy atom. The molecule has 16 heavy (non-hydrogen) atoms. The van der Waals surface area contributed by atoms with Gasteiger partial charge in [-0.05, 0) is 18.6 Å². The summed E-state index contributed by atoms with van der Waals surface area (Å²) in [6, 6.07) is 3.20. The molecule has 0 amide bonds. The molecule has 0 unspecified atom stereocenters. The van der Waals surface area contributed by atoms with Gasteiger partial charge in [-0.25, -0.2) is 8.42 Å². The van der Waals surface area contributed by atoms with E-state index in [-0.39, 0.29) is 4.90 Å². The van der Waals surface area contributed by atoms with Crippen LogP contribution in [0.4, 0.5) is 0 Å². The molecule has 0 fully saturated rings. The summed E-state index contributed by atoms with van der Waals surface area (Å²) in [5.41, 5.74) is 0. The third kappa shape index (κ3) is 3.26. The van der Waals surface area contributed by atoms with Gasteiger partial charge in [0.25, 0.3) is 0 Å². The Bertz CT molecular complexity index is 402. The summed E-state index contributed by atoms with van der Waals surface area (Å²) in [4.78, 5) is 4.09. The topological polar surface area (TPSA) is 50.3 Å². The lowest BCUT2D eigenvalue weighted by Crippen LogP contribution is -2.33. The SMILES string of the molecule is CCCN(CCBr)S(=O)(=O)c1cccnc1. The van der Waals surface area contributed by atoms with Gasteiger partial charge < -0.3 is 0 Å². The second-order valence-electron chi connectivity index (χ2n) is 3.28. The number of sulfonamides is 1. The molecule has 0 aliphatic heterocycles. The average molecular weight is 307 g/mol. The van der Waals surface area contributed by atoms with Gasteiger partial charge in [-0.2, -0.15) is 4.31 Å². The Balaban J connectivity index is 2.98. The Morgan fingerprint density at radius 2 is 2.19 bits per heavy atom. The van der Waals surface area contributed by atoms with E-state index in [0.29, 0.717) is 18.4 Å². The maximum absolute atomic E-state index is 12.2. The minimum absolute atomic E-state index is 0.254. The lowest BCUT2D eigenvalue weighted by molar-refractivity contribution is 0.430. The molecule has 0 aliphatic carbocycles. The normalized spacial score (nSPS) is 11.9. The quantitative estimate of drug-likeness (QED) is 0.754. The second-order valence-corrected chi connectivity index (χ2v) is 6.01. The van der Waals surface area contributed by atoms with E-state index in [2.05, 4.69) is 20.9 Å². The van der Waals surface area contributed by atoms with Crippen LogP contribution < -0.4 is 0 Å². The van der Waals surface area contributed by atoms with E-state index in [1.54, 1.807) is 18.3 Å². The molecule has 1 rings (SSSR count). The number of alkyl halides is 1. The van der Waals surface area contributed by atoms with Crippen LogP contribution in [0.2, 0.25) is 0 Å². The second kappa shape index (κ2) is 6.32. The first kappa shape index (κ1) is 13.6. The molecule has 0 spiro atoms. The van der Waals surface area contributed by atoms with Crippen molar-refractivity contribution in [2.75, 3.05) is 18.4 Å². The number of aromatic nitrogens is 1. The first-order chi connectivity index (χ1) is 7.62. The lowest BCUT2D eigenvalue weighted by atomic mass is 10.5. The van der Waals surface area contributed by atoms with Crippen molar-refractivity contribution in [1.29, 1.82) is 0 Å². The Kier molecular flexibility index (Phi) is 5.37. The zero-order chi connectivity index (χ0) is 12.0. The highest BCUT2D eigenvalue weighted by atomic mass is 79.9. The molecule has 0 aliphatic rings. The van der Waals surface area contributed by atoms with E-state index in [0.717, 1.165) is 6.42 Å². The van der Waals surface area contributed by atoms with Gasteiger partial charge in [0, 0.05) is 30.8 Å². The highest BCUT2D eigenvalue weighted by molar-refractivity contribution is 9.09. The van der Waals surface area contributed by atoms with Gasteiger partial charge in [-0.1, -0.05) is 22.9 Å². The van der Waals surface area contributed by atoms with E-state index in [1.807, 2.05) is 6.92 Å². The van der Waals surface area contributed by atoms with Crippen LogP contribution in [-0.4, -0.2) is 36.1 Å². The van der Waals surface area contributed by atoms with Gasteiger partial charge in [0.15, 0.2) is 0 Å². The fourth-order valence-electron chi connectivity index (χ4n) is 1.34. The van der Waals surface area contributed by atoms with E-state index >= 15 is 0 Å². The van der Waals surface area contributed by atoms with E-state index in [4.69, 9.17) is 0 Å². The van der Waals surface area contributed by atoms with Gasteiger partial charge >= 0.3 is 0 Å². The maximum Gasteiger partial charge on any atom is 0.244 e. The van der Waals surface area contributed by atoms with Crippen molar-refractivity contribution in [3.63, 3.8) is 0 Å². The van der Waals surface area contributed by atoms with Gasteiger partial charge in [0.1, 0.15) is 4.90 Å². The zero-order valence-corrected chi connectivity index (χ0v) is 11.5. The van der Waals surface area contributed by atoms with Crippen molar-refractivity contribution in [2.24, 2.45) is 0 Å². The number of halogens is 1. The molecule has 0 aromatic carbocycles. The summed E-state index contributed by atoms with van der Waals surface area (Å²) in [5.74, 6) is 0. The molecule has 1 heterocycles. The highest BCUT2D eigenvalue weighted by Gasteiger charge is 2.22. The molecule has 1 aromatic rings. The molecule has 4 nitrogen and oxygen atoms in total. The number of pyridine rings is 1. The van der Waals surface area contributed by atoms with Gasteiger partial charge in [-0.15, -0.1) is 0 Å². The standard InChI is InChI=1S/C10H15BrN2O2S/c1-2-7-13(8-5-11)16(14,15)10-4-3-6-12-9-10/h3-4,6,9H,2,5,7-8H2,1H3. The third-order valence-corrected chi connectivity index (χ3v) is 4.32. The first-order valence-corrected chi connectivity index (χ1v) is 7.65. The number of nitrogens with zero attached hydrogens (tertiary/aromatic N) is 2. The van der Waals surface area contributed by atoms with Crippen molar-refractivity contribution in [3.8, 4) is 0 Å². The zero-order valence-electron chi connectivity index (χ0n) is 9.13. The number of hydrogen-bond donors (Lipinski definition) is 0. The molecule has 0 N–H and O–H groups in total. The minimum atomic E-state index is -3.38. The molecule has 0 bridgehead atoms. The van der Waals surface area contributed by atoms with Crippen LogP contribution in [0.5, 0.6) is 0 Å². The Hall–Kier alpha value is -0.460. The van der Waals surface area contributed by atoms with Crippen molar-refractivity contribution in [3.05, 3.63) is 24.5 Å². The molecular weight excluding hydrogens is 292 g/mol. The molecule has 1 aromatic heterocycles. The van der Waals surface area contributed by atoms with Crippen LogP contribution >= 0.6 is 15.9 Å². The fraction of sp³-hybridized carbons (Fsp3) is 0.500. The van der Waals surface area contributed by atoms with Gasteiger partial charge in [0.05, 0.1) is 0 Å². The number of hydrogen-bond acceptors (Lipinski definition) is 3. The van der Waals surface area contributed by atoms with Crippen LogP contribution in [0.15, 0.2) is 29.4 Å². The molecule has 6 heteroatoms. The largest absolute Gasteiger partial charge is 0.263 e. The van der Waals surface area contributed by atoms with E-state index < -0.39 is 10.0 Å². The number of rotatable bonds is 6. The maximum atomic E-state index is 12.2. The molecule has 0 saturated carbocycles. The molecule has 0 radical (unpaired) electrons. The van der Waals surface area contributed by atoms with Crippen LogP contribution in [0.3, 0.4) is 0 Å². The summed E-state index contributed by atoms with van der Waals surface area (Å²) in [7, 11) is -3.38. The van der Waals surface area contributed by atoms with Crippen LogP contribution in [0.25, 0.3) is 0 Å². The minimum Gasteiger partial charge on any atom is -0.263 e. The van der Waals surface area contributed by atoms with Gasteiger partial charge in [-0.3, -0.25) is 4.98 Å². The van der Waals surface area contributed by atoms with E-state index in [9.17, 15) is 8.42 Å².